The SMILES string of the molecule is Cc1c(-c2cccc(N(c3ccc(-c4ccc(-c5ccccc5)cc4)cc3)c3ccc4ccccc4c3)c2)oc2ccccc12. The van der Waals surface area contributed by atoms with Gasteiger partial charge in [0.1, 0.15) is 11.3 Å². The van der Waals surface area contributed by atoms with Gasteiger partial charge in [-0.05, 0) is 82.4 Å². The highest BCUT2D eigenvalue weighted by atomic mass is 16.3. The number of rotatable bonds is 6. The predicted molar refractivity (Wildman–Crippen MR) is 189 cm³/mol. The molecule has 2 nitrogen and oxygen atoms in total. The van der Waals surface area contributed by atoms with E-state index in [0.717, 1.165) is 44.9 Å². The summed E-state index contributed by atoms with van der Waals surface area (Å²) in [4.78, 5) is 2.33. The van der Waals surface area contributed by atoms with E-state index >= 15 is 0 Å². The van der Waals surface area contributed by atoms with E-state index < -0.39 is 0 Å². The number of fused-ring (bicyclic) bond motifs is 2. The molecule has 0 spiro atoms. The Morgan fingerprint density at radius 1 is 0.400 bits per heavy atom. The van der Waals surface area contributed by atoms with Crippen molar-refractivity contribution < 1.29 is 4.42 Å². The van der Waals surface area contributed by atoms with Gasteiger partial charge in [0.05, 0.1) is 0 Å². The second-order valence-electron chi connectivity index (χ2n) is 11.5. The summed E-state index contributed by atoms with van der Waals surface area (Å²) in [6, 6.07) is 60.3. The molecule has 45 heavy (non-hydrogen) atoms. The van der Waals surface area contributed by atoms with Gasteiger partial charge in [0.15, 0.2) is 0 Å². The fourth-order valence-corrected chi connectivity index (χ4v) is 6.29. The normalized spacial score (nSPS) is 11.2. The van der Waals surface area contributed by atoms with Crippen LogP contribution in [-0.4, -0.2) is 0 Å². The molecule has 7 aromatic carbocycles. The molecule has 8 aromatic rings. The smallest absolute Gasteiger partial charge is 0.138 e. The average Bonchev–Trinajstić information content (AvgIpc) is 3.45. The molecule has 0 aliphatic heterocycles. The Labute approximate surface area is 263 Å². The topological polar surface area (TPSA) is 16.4 Å². The van der Waals surface area contributed by atoms with Crippen molar-refractivity contribution in [1.29, 1.82) is 0 Å². The second-order valence-corrected chi connectivity index (χ2v) is 11.5. The first-order valence-electron chi connectivity index (χ1n) is 15.3. The third-order valence-electron chi connectivity index (χ3n) is 8.65. The van der Waals surface area contributed by atoms with Crippen LogP contribution >= 0.6 is 0 Å². The number of nitrogens with zero attached hydrogens (tertiary/aromatic N) is 1. The molecule has 0 N–H and O–H groups in total. The van der Waals surface area contributed by atoms with Crippen molar-refractivity contribution in [3.63, 3.8) is 0 Å². The third-order valence-corrected chi connectivity index (χ3v) is 8.65. The van der Waals surface area contributed by atoms with E-state index in [-0.39, 0.29) is 0 Å². The molecule has 0 saturated heterocycles. The molecular weight excluding hydrogens is 546 g/mol. The van der Waals surface area contributed by atoms with Crippen molar-refractivity contribution in [2.24, 2.45) is 0 Å². The maximum absolute atomic E-state index is 6.37. The summed E-state index contributed by atoms with van der Waals surface area (Å²) in [5.74, 6) is 0.908. The summed E-state index contributed by atoms with van der Waals surface area (Å²) in [6.07, 6.45) is 0. The largest absolute Gasteiger partial charge is 0.456 e. The van der Waals surface area contributed by atoms with E-state index in [4.69, 9.17) is 4.42 Å². The molecule has 0 atom stereocenters. The van der Waals surface area contributed by atoms with Crippen LogP contribution in [-0.2, 0) is 0 Å². The number of furan rings is 1. The van der Waals surface area contributed by atoms with Gasteiger partial charge in [-0.25, -0.2) is 0 Å². The van der Waals surface area contributed by atoms with E-state index in [1.165, 1.54) is 33.0 Å². The van der Waals surface area contributed by atoms with Gasteiger partial charge in [-0.15, -0.1) is 0 Å². The van der Waals surface area contributed by atoms with Gasteiger partial charge in [-0.2, -0.15) is 0 Å². The summed E-state index contributed by atoms with van der Waals surface area (Å²) < 4.78 is 6.37. The van der Waals surface area contributed by atoms with E-state index in [2.05, 4.69) is 170 Å². The van der Waals surface area contributed by atoms with Crippen molar-refractivity contribution in [2.45, 2.75) is 6.92 Å². The number of hydrogen-bond donors (Lipinski definition) is 0. The van der Waals surface area contributed by atoms with Crippen molar-refractivity contribution in [2.75, 3.05) is 4.90 Å². The van der Waals surface area contributed by atoms with Gasteiger partial charge in [-0.1, -0.05) is 127 Å². The molecule has 0 radical (unpaired) electrons. The molecule has 8 rings (SSSR count). The van der Waals surface area contributed by atoms with Gasteiger partial charge in [-0.3, -0.25) is 0 Å². The summed E-state index contributed by atoms with van der Waals surface area (Å²) in [7, 11) is 0. The van der Waals surface area contributed by atoms with Crippen LogP contribution in [0, 0.1) is 6.92 Å². The highest BCUT2D eigenvalue weighted by Crippen LogP contribution is 2.40. The molecule has 2 heteroatoms. The van der Waals surface area contributed by atoms with E-state index in [9.17, 15) is 0 Å². The number of para-hydroxylation sites is 1. The molecule has 0 fully saturated rings. The Morgan fingerprint density at radius 2 is 0.956 bits per heavy atom. The maximum atomic E-state index is 6.37. The monoisotopic (exact) mass is 577 g/mol. The van der Waals surface area contributed by atoms with Crippen LogP contribution in [0.1, 0.15) is 5.56 Å². The highest BCUT2D eigenvalue weighted by molar-refractivity contribution is 5.91. The van der Waals surface area contributed by atoms with Crippen molar-refractivity contribution in [1.82, 2.24) is 0 Å². The van der Waals surface area contributed by atoms with Crippen LogP contribution < -0.4 is 4.90 Å². The predicted octanol–water partition coefficient (Wildman–Crippen LogP) is 12.4. The van der Waals surface area contributed by atoms with E-state index in [1.54, 1.807) is 0 Å². The summed E-state index contributed by atoms with van der Waals surface area (Å²) in [5, 5.41) is 3.58. The van der Waals surface area contributed by atoms with Crippen LogP contribution in [0.5, 0.6) is 0 Å². The van der Waals surface area contributed by atoms with Crippen molar-refractivity contribution >= 4 is 38.8 Å². The molecule has 0 amide bonds. The fourth-order valence-electron chi connectivity index (χ4n) is 6.29. The van der Waals surface area contributed by atoms with Crippen LogP contribution in [0.15, 0.2) is 174 Å². The molecule has 0 unspecified atom stereocenters. The zero-order valence-corrected chi connectivity index (χ0v) is 25.0. The Bertz CT molecular complexity index is 2260. The van der Waals surface area contributed by atoms with Crippen molar-refractivity contribution in [3.05, 3.63) is 175 Å². The summed E-state index contributed by atoms with van der Waals surface area (Å²) in [6.45, 7) is 2.14. The molecule has 0 aliphatic rings. The lowest BCUT2D eigenvalue weighted by Gasteiger charge is -2.26. The molecule has 214 valence electrons. The van der Waals surface area contributed by atoms with Crippen LogP contribution in [0.4, 0.5) is 17.1 Å². The summed E-state index contributed by atoms with van der Waals surface area (Å²) in [5.41, 5.74) is 11.2. The lowest BCUT2D eigenvalue weighted by Crippen LogP contribution is -2.10. The summed E-state index contributed by atoms with van der Waals surface area (Å²) >= 11 is 0. The van der Waals surface area contributed by atoms with E-state index in [0.29, 0.717) is 0 Å². The molecule has 1 heterocycles. The molecule has 0 bridgehead atoms. The lowest BCUT2D eigenvalue weighted by atomic mass is 10.00. The minimum Gasteiger partial charge on any atom is -0.456 e. The maximum Gasteiger partial charge on any atom is 0.138 e. The number of aryl methyl sites for hydroxylation is 1. The first-order valence-corrected chi connectivity index (χ1v) is 15.3. The third kappa shape index (κ3) is 5.07. The average molecular weight is 578 g/mol. The fraction of sp³-hybridized carbons (Fsp3) is 0.0233. The zero-order valence-electron chi connectivity index (χ0n) is 25.0. The van der Waals surface area contributed by atoms with Gasteiger partial charge in [0.2, 0.25) is 0 Å². The standard InChI is InChI=1S/C43H31NO/c1-30-41-16-7-8-17-42(41)45-43(30)37-14-9-15-39(29-37)44(40-27-24-32-12-5-6-13-36(32)28-40)38-25-22-35(23-26-38)34-20-18-33(19-21-34)31-10-3-2-4-11-31/h2-29H,1H3. The van der Waals surface area contributed by atoms with Crippen LogP contribution in [0.2, 0.25) is 0 Å². The van der Waals surface area contributed by atoms with Crippen LogP contribution in [0.3, 0.4) is 0 Å². The molecule has 1 aromatic heterocycles. The quantitative estimate of drug-likeness (QED) is 0.195. The number of benzene rings is 7. The minimum atomic E-state index is 0.908. The number of anilines is 3. The first-order chi connectivity index (χ1) is 22.2. The lowest BCUT2D eigenvalue weighted by molar-refractivity contribution is 0.629. The highest BCUT2D eigenvalue weighted by Gasteiger charge is 2.17. The van der Waals surface area contributed by atoms with Crippen LogP contribution in [0.25, 0.3) is 55.3 Å². The first kappa shape index (κ1) is 26.7. The Balaban J connectivity index is 1.20. The minimum absolute atomic E-state index is 0.908. The second kappa shape index (κ2) is 11.3. The Morgan fingerprint density at radius 3 is 1.69 bits per heavy atom. The molecule has 0 aliphatic carbocycles. The van der Waals surface area contributed by atoms with Crippen molar-refractivity contribution in [3.8, 4) is 33.6 Å². The Hall–Kier alpha value is -5.86. The van der Waals surface area contributed by atoms with Gasteiger partial charge < -0.3 is 9.32 Å². The zero-order chi connectivity index (χ0) is 30.2. The van der Waals surface area contributed by atoms with Gasteiger partial charge in [0, 0.05) is 33.6 Å². The van der Waals surface area contributed by atoms with Gasteiger partial charge >= 0.3 is 0 Å². The van der Waals surface area contributed by atoms with Gasteiger partial charge in [0.25, 0.3) is 0 Å². The molecule has 0 saturated carbocycles. The van der Waals surface area contributed by atoms with E-state index in [1.807, 2.05) is 12.1 Å². The Kier molecular flexibility index (Phi) is 6.73. The molecular formula is C43H31NO. The number of hydrogen-bond acceptors (Lipinski definition) is 2.